The van der Waals surface area contributed by atoms with Crippen LogP contribution in [0.1, 0.15) is 48.2 Å². The van der Waals surface area contributed by atoms with Crippen molar-refractivity contribution in [3.63, 3.8) is 0 Å². The third-order valence-electron chi connectivity index (χ3n) is 3.91. The first-order valence-electron chi connectivity index (χ1n) is 7.28. The zero-order valence-electron chi connectivity index (χ0n) is 13.5. The number of sulfonamides is 1. The van der Waals surface area contributed by atoms with Crippen molar-refractivity contribution in [1.82, 2.24) is 4.31 Å². The molecular formula is C16H25NO3S. The molecule has 0 amide bonds. The molecule has 0 aliphatic carbocycles. The molecule has 1 rings (SSSR count). The number of aryl methyl sites for hydroxylation is 2. The number of benzene rings is 1. The molecule has 1 unspecified atom stereocenters. The molecule has 4 nitrogen and oxygen atoms in total. The standard InChI is InChI=1S/C16H25NO3S/c1-6-7-10-21(19,20)17(5)14(4)16(18)15-9-8-12(2)13(3)11-15/h8-9,11,14H,6-7,10H2,1-5H3. The van der Waals surface area contributed by atoms with Crippen molar-refractivity contribution in [3.8, 4) is 0 Å². The van der Waals surface area contributed by atoms with Gasteiger partial charge in [0.15, 0.2) is 5.78 Å². The molecule has 1 aromatic rings. The van der Waals surface area contributed by atoms with E-state index in [-0.39, 0.29) is 11.5 Å². The number of carbonyl (C=O) groups excluding carboxylic acids is 1. The predicted molar refractivity (Wildman–Crippen MR) is 86.2 cm³/mol. The maximum Gasteiger partial charge on any atom is 0.214 e. The second-order valence-electron chi connectivity index (χ2n) is 5.53. The number of Topliss-reactive ketones (excluding diaryl/α,β-unsaturated/α-hetero) is 1. The summed E-state index contributed by atoms with van der Waals surface area (Å²) in [6, 6.07) is 4.78. The summed E-state index contributed by atoms with van der Waals surface area (Å²) in [6.07, 6.45) is 1.42. The Hall–Kier alpha value is -1.20. The third kappa shape index (κ3) is 4.38. The van der Waals surface area contributed by atoms with Gasteiger partial charge in [-0.2, -0.15) is 4.31 Å². The maximum absolute atomic E-state index is 12.5. The Kier molecular flexibility index (Phi) is 6.10. The highest BCUT2D eigenvalue weighted by atomic mass is 32.2. The number of rotatable bonds is 7. The topological polar surface area (TPSA) is 54.5 Å². The van der Waals surface area contributed by atoms with Crippen molar-refractivity contribution in [2.45, 2.75) is 46.6 Å². The SMILES string of the molecule is CCCCS(=O)(=O)N(C)C(C)C(=O)c1ccc(C)c(C)c1. The van der Waals surface area contributed by atoms with Crippen molar-refractivity contribution in [2.75, 3.05) is 12.8 Å². The monoisotopic (exact) mass is 311 g/mol. The van der Waals surface area contributed by atoms with Gasteiger partial charge in [-0.3, -0.25) is 4.79 Å². The van der Waals surface area contributed by atoms with E-state index in [1.54, 1.807) is 13.0 Å². The second kappa shape index (κ2) is 7.18. The fourth-order valence-electron chi connectivity index (χ4n) is 2.01. The van der Waals surface area contributed by atoms with Gasteiger partial charge in [-0.05, 0) is 44.4 Å². The summed E-state index contributed by atoms with van der Waals surface area (Å²) in [5.41, 5.74) is 2.70. The number of hydrogen-bond acceptors (Lipinski definition) is 3. The first-order chi connectivity index (χ1) is 9.70. The van der Waals surface area contributed by atoms with E-state index in [0.29, 0.717) is 12.0 Å². The summed E-state index contributed by atoms with van der Waals surface area (Å²) in [5, 5.41) is 0. The van der Waals surface area contributed by atoms with E-state index >= 15 is 0 Å². The van der Waals surface area contributed by atoms with E-state index < -0.39 is 16.1 Å². The number of hydrogen-bond donors (Lipinski definition) is 0. The molecule has 21 heavy (non-hydrogen) atoms. The van der Waals surface area contributed by atoms with Crippen molar-refractivity contribution >= 4 is 15.8 Å². The summed E-state index contributed by atoms with van der Waals surface area (Å²) < 4.78 is 25.5. The molecule has 5 heteroatoms. The largest absolute Gasteiger partial charge is 0.292 e. The molecule has 0 N–H and O–H groups in total. The van der Waals surface area contributed by atoms with Crippen LogP contribution in [0, 0.1) is 13.8 Å². The molecule has 0 heterocycles. The number of nitrogens with zero attached hydrogens (tertiary/aromatic N) is 1. The molecule has 1 aromatic carbocycles. The summed E-state index contributed by atoms with van der Waals surface area (Å²) in [6.45, 7) is 7.51. The Morgan fingerprint density at radius 3 is 2.38 bits per heavy atom. The van der Waals surface area contributed by atoms with Crippen LogP contribution in [0.2, 0.25) is 0 Å². The van der Waals surface area contributed by atoms with E-state index in [2.05, 4.69) is 0 Å². The highest BCUT2D eigenvalue weighted by molar-refractivity contribution is 7.89. The lowest BCUT2D eigenvalue weighted by molar-refractivity contribution is 0.0919. The van der Waals surface area contributed by atoms with Crippen LogP contribution in [0.15, 0.2) is 18.2 Å². The molecule has 0 saturated carbocycles. The van der Waals surface area contributed by atoms with Gasteiger partial charge in [-0.15, -0.1) is 0 Å². The smallest absolute Gasteiger partial charge is 0.214 e. The van der Waals surface area contributed by atoms with Gasteiger partial charge in [0.05, 0.1) is 11.8 Å². The van der Waals surface area contributed by atoms with E-state index in [9.17, 15) is 13.2 Å². The zero-order valence-corrected chi connectivity index (χ0v) is 14.3. The summed E-state index contributed by atoms with van der Waals surface area (Å²) >= 11 is 0. The lowest BCUT2D eigenvalue weighted by Crippen LogP contribution is -2.41. The first kappa shape index (κ1) is 17.9. The van der Waals surface area contributed by atoms with Crippen LogP contribution in [-0.4, -0.2) is 37.3 Å². The van der Waals surface area contributed by atoms with E-state index in [4.69, 9.17) is 0 Å². The van der Waals surface area contributed by atoms with Gasteiger partial charge in [0.25, 0.3) is 0 Å². The normalized spacial score (nSPS) is 13.4. The van der Waals surface area contributed by atoms with Gasteiger partial charge >= 0.3 is 0 Å². The zero-order chi connectivity index (χ0) is 16.2. The van der Waals surface area contributed by atoms with Gasteiger partial charge < -0.3 is 0 Å². The summed E-state index contributed by atoms with van der Waals surface area (Å²) in [5.74, 6) is -0.0782. The van der Waals surface area contributed by atoms with Crippen molar-refractivity contribution in [2.24, 2.45) is 0 Å². The van der Waals surface area contributed by atoms with Gasteiger partial charge in [0.1, 0.15) is 0 Å². The van der Waals surface area contributed by atoms with Gasteiger partial charge in [0, 0.05) is 12.6 Å². The number of ketones is 1. The molecule has 0 saturated heterocycles. The summed E-state index contributed by atoms with van der Waals surface area (Å²) in [7, 11) is -1.90. The lowest BCUT2D eigenvalue weighted by atomic mass is 10.0. The number of carbonyl (C=O) groups is 1. The molecule has 0 fully saturated rings. The van der Waals surface area contributed by atoms with Crippen LogP contribution in [0.5, 0.6) is 0 Å². The average molecular weight is 311 g/mol. The van der Waals surface area contributed by atoms with Gasteiger partial charge in [-0.25, -0.2) is 8.42 Å². The number of likely N-dealkylation sites (N-methyl/N-ethyl adjacent to an activating group) is 1. The van der Waals surface area contributed by atoms with E-state index in [1.165, 1.54) is 11.4 Å². The molecule has 0 aliphatic rings. The average Bonchev–Trinajstić information content (AvgIpc) is 2.45. The highest BCUT2D eigenvalue weighted by Gasteiger charge is 2.28. The lowest BCUT2D eigenvalue weighted by Gasteiger charge is -2.23. The Morgan fingerprint density at radius 2 is 1.86 bits per heavy atom. The Bertz CT molecular complexity index is 608. The number of unbranched alkanes of at least 4 members (excludes halogenated alkanes) is 1. The molecule has 0 spiro atoms. The minimum Gasteiger partial charge on any atom is -0.292 e. The predicted octanol–water partition coefficient (Wildman–Crippen LogP) is 2.94. The molecule has 0 radical (unpaired) electrons. The van der Waals surface area contributed by atoms with Crippen LogP contribution < -0.4 is 0 Å². The van der Waals surface area contributed by atoms with Crippen LogP contribution in [0.25, 0.3) is 0 Å². The van der Waals surface area contributed by atoms with Gasteiger partial charge in [-0.1, -0.05) is 25.5 Å². The minimum absolute atomic E-state index is 0.0878. The fourth-order valence-corrected chi connectivity index (χ4v) is 3.53. The summed E-state index contributed by atoms with van der Waals surface area (Å²) in [4.78, 5) is 12.5. The van der Waals surface area contributed by atoms with E-state index in [0.717, 1.165) is 17.5 Å². The van der Waals surface area contributed by atoms with Crippen molar-refractivity contribution < 1.29 is 13.2 Å². The van der Waals surface area contributed by atoms with Crippen LogP contribution >= 0.6 is 0 Å². The molecule has 118 valence electrons. The Labute approximate surface area is 128 Å². The van der Waals surface area contributed by atoms with Crippen LogP contribution in [-0.2, 0) is 10.0 Å². The molecule has 1 atom stereocenters. The minimum atomic E-state index is -3.38. The molecule has 0 bridgehead atoms. The second-order valence-corrected chi connectivity index (χ2v) is 7.67. The van der Waals surface area contributed by atoms with Crippen molar-refractivity contribution in [1.29, 1.82) is 0 Å². The quantitative estimate of drug-likeness (QED) is 0.728. The molecule has 0 aromatic heterocycles. The van der Waals surface area contributed by atoms with Gasteiger partial charge in [0.2, 0.25) is 10.0 Å². The van der Waals surface area contributed by atoms with Crippen molar-refractivity contribution in [3.05, 3.63) is 34.9 Å². The van der Waals surface area contributed by atoms with Crippen LogP contribution in [0.4, 0.5) is 0 Å². The fraction of sp³-hybridized carbons (Fsp3) is 0.562. The maximum atomic E-state index is 12.5. The Morgan fingerprint density at radius 1 is 1.24 bits per heavy atom. The molecular weight excluding hydrogens is 286 g/mol. The van der Waals surface area contributed by atoms with E-state index in [1.807, 2.05) is 32.9 Å². The highest BCUT2D eigenvalue weighted by Crippen LogP contribution is 2.16. The first-order valence-corrected chi connectivity index (χ1v) is 8.88. The third-order valence-corrected chi connectivity index (χ3v) is 5.91. The molecule has 0 aliphatic heterocycles. The van der Waals surface area contributed by atoms with Crippen LogP contribution in [0.3, 0.4) is 0 Å². The Balaban J connectivity index is 2.93.